The highest BCUT2D eigenvalue weighted by Crippen LogP contribution is 2.32. The Kier molecular flexibility index (Phi) is 7.75. The van der Waals surface area contributed by atoms with Crippen molar-refractivity contribution >= 4 is 11.8 Å². The molecule has 4 heterocycles. The van der Waals surface area contributed by atoms with Crippen LogP contribution in [0.2, 0.25) is 0 Å². The predicted octanol–water partition coefficient (Wildman–Crippen LogP) is 6.34. The molecule has 0 aromatic carbocycles. The van der Waals surface area contributed by atoms with Crippen molar-refractivity contribution < 1.29 is 23.4 Å². The predicted molar refractivity (Wildman–Crippen MR) is 149 cm³/mol. The molecule has 6 rings (SSSR count). The Balaban J connectivity index is 1.28. The van der Waals surface area contributed by atoms with Gasteiger partial charge in [0.15, 0.2) is 12.0 Å². The zero-order chi connectivity index (χ0) is 27.0. The van der Waals surface area contributed by atoms with Crippen LogP contribution in [0.15, 0.2) is 120 Å². The molecule has 2 aromatic heterocycles. The van der Waals surface area contributed by atoms with Crippen LogP contribution in [0.3, 0.4) is 0 Å². The molecule has 10 heteroatoms. The molecule has 10 nitrogen and oxygen atoms in total. The van der Waals surface area contributed by atoms with Crippen molar-refractivity contribution in [1.82, 2.24) is 15.2 Å². The summed E-state index contributed by atoms with van der Waals surface area (Å²) in [6.45, 7) is 0.512. The third-order valence-corrected chi connectivity index (χ3v) is 6.65. The summed E-state index contributed by atoms with van der Waals surface area (Å²) in [4.78, 5) is 6.41. The molecule has 0 fully saturated rings. The van der Waals surface area contributed by atoms with Crippen LogP contribution in [0.5, 0.6) is 0 Å². The van der Waals surface area contributed by atoms with Crippen molar-refractivity contribution in [3.63, 3.8) is 0 Å². The van der Waals surface area contributed by atoms with Crippen LogP contribution >= 0.6 is 0 Å². The maximum Gasteiger partial charge on any atom is 0.325 e. The molecule has 0 saturated carbocycles. The van der Waals surface area contributed by atoms with Gasteiger partial charge in [-0.15, -0.1) is 5.10 Å². The van der Waals surface area contributed by atoms with E-state index in [1.165, 1.54) is 42.5 Å². The molecule has 2 aliphatic heterocycles. The van der Waals surface area contributed by atoms with Crippen molar-refractivity contribution in [2.75, 3.05) is 16.8 Å². The van der Waals surface area contributed by atoms with Gasteiger partial charge in [0.2, 0.25) is 5.88 Å². The number of hydrogen-bond donors (Lipinski definition) is 1. The zero-order valence-electron chi connectivity index (χ0n) is 21.8. The lowest BCUT2D eigenvalue weighted by Gasteiger charge is -2.25. The molecule has 0 saturated heterocycles. The van der Waals surface area contributed by atoms with E-state index in [0.29, 0.717) is 35.5 Å². The molecule has 204 valence electrons. The first-order chi connectivity index (χ1) is 19.8. The van der Waals surface area contributed by atoms with Gasteiger partial charge in [0, 0.05) is 6.20 Å². The van der Waals surface area contributed by atoms with Gasteiger partial charge in [-0.3, -0.25) is 4.90 Å². The third-order valence-electron chi connectivity index (χ3n) is 6.65. The normalized spacial score (nSPS) is 18.2. The third kappa shape index (κ3) is 6.01. The highest BCUT2D eigenvalue weighted by molar-refractivity contribution is 5.69. The van der Waals surface area contributed by atoms with Crippen molar-refractivity contribution in [2.24, 2.45) is 0 Å². The average molecular weight is 540 g/mol. The van der Waals surface area contributed by atoms with Gasteiger partial charge in [-0.1, -0.05) is 47.1 Å². The number of nitrogens with zero attached hydrogens (tertiary/aromatic N) is 4. The number of anilines is 2. The summed E-state index contributed by atoms with van der Waals surface area (Å²) in [6, 6.07) is 3.77. The number of aromatic nitrogens is 3. The molecule has 0 amide bonds. The number of ether oxygens (including phenoxy) is 4. The minimum absolute atomic E-state index is 0.230. The maximum absolute atomic E-state index is 6.22. The fourth-order valence-electron chi connectivity index (χ4n) is 4.64. The highest BCUT2D eigenvalue weighted by atomic mass is 16.5. The highest BCUT2D eigenvalue weighted by Gasteiger charge is 2.26. The number of pyridine rings is 1. The number of rotatable bonds is 10. The second-order valence-corrected chi connectivity index (χ2v) is 9.39. The van der Waals surface area contributed by atoms with Gasteiger partial charge in [-0.25, -0.2) is 4.98 Å². The molecular weight excluding hydrogens is 510 g/mol. The van der Waals surface area contributed by atoms with E-state index in [0.717, 1.165) is 32.1 Å². The van der Waals surface area contributed by atoms with Crippen molar-refractivity contribution in [2.45, 2.75) is 38.1 Å². The molecular formula is C30H29N5O5. The molecule has 1 N–H and O–H groups in total. The minimum Gasteiger partial charge on any atom is -0.466 e. The Morgan fingerprint density at radius 2 is 1.70 bits per heavy atom. The Labute approximate surface area is 232 Å². The zero-order valence-corrected chi connectivity index (χ0v) is 21.8. The first kappa shape index (κ1) is 25.3. The van der Waals surface area contributed by atoms with Crippen LogP contribution in [-0.4, -0.2) is 27.8 Å². The lowest BCUT2D eigenvalue weighted by atomic mass is 9.97. The Morgan fingerprint density at radius 3 is 2.42 bits per heavy atom. The molecule has 1 unspecified atom stereocenters. The summed E-state index contributed by atoms with van der Waals surface area (Å²) in [5.41, 5.74) is 3.17. The topological polar surface area (TPSA) is 104 Å². The van der Waals surface area contributed by atoms with Crippen molar-refractivity contribution in [3.05, 3.63) is 115 Å². The molecule has 4 aliphatic rings. The van der Waals surface area contributed by atoms with Crippen LogP contribution in [0.1, 0.15) is 32.1 Å². The summed E-state index contributed by atoms with van der Waals surface area (Å²) >= 11 is 0. The van der Waals surface area contributed by atoms with E-state index in [1.807, 2.05) is 12.1 Å². The number of allylic oxidation sites excluding steroid dienone is 6. The number of nitrogens with one attached hydrogen (secondary N) is 1. The smallest absolute Gasteiger partial charge is 0.325 e. The van der Waals surface area contributed by atoms with E-state index in [4.69, 9.17) is 23.4 Å². The van der Waals surface area contributed by atoms with E-state index >= 15 is 0 Å². The van der Waals surface area contributed by atoms with Crippen molar-refractivity contribution in [1.29, 1.82) is 0 Å². The number of hydrogen-bond acceptors (Lipinski definition) is 10. The summed E-state index contributed by atoms with van der Waals surface area (Å²) in [6.07, 6.45) is 28.1. The van der Waals surface area contributed by atoms with Gasteiger partial charge < -0.3 is 28.7 Å². The van der Waals surface area contributed by atoms with Crippen LogP contribution < -0.4 is 10.2 Å². The molecule has 0 spiro atoms. The van der Waals surface area contributed by atoms with Gasteiger partial charge >= 0.3 is 6.01 Å². The van der Waals surface area contributed by atoms with Crippen LogP contribution in [0.4, 0.5) is 11.8 Å². The van der Waals surface area contributed by atoms with Gasteiger partial charge in [-0.2, -0.15) is 0 Å². The average Bonchev–Trinajstić information content (AvgIpc) is 3.52. The first-order valence-corrected chi connectivity index (χ1v) is 13.2. The molecule has 0 bridgehead atoms. The largest absolute Gasteiger partial charge is 0.466 e. The van der Waals surface area contributed by atoms with E-state index in [-0.39, 0.29) is 12.1 Å². The second kappa shape index (κ2) is 12.2. The molecule has 2 aromatic rings. The lowest BCUT2D eigenvalue weighted by Crippen LogP contribution is -2.27. The van der Waals surface area contributed by atoms with Gasteiger partial charge in [0.25, 0.3) is 5.89 Å². The standard InChI is InChI=1S/C30H29N5O5/c1-3-8-22(9-4-1)18-25(26-20-36-14-16-38-26)32-28-24(12-7-13-31-28)29-33-34-30(40-29)35(27-21-37-15-17-39-27)19-23-10-5-2-6-11-23/h1-3,5,7-8,10,12-17,20-21,25H,4,6,9,11,18-19H2,(H,31,32). The maximum atomic E-state index is 6.22. The van der Waals surface area contributed by atoms with Crippen LogP contribution in [-0.2, 0) is 18.9 Å². The quantitative estimate of drug-likeness (QED) is 0.368. The summed E-state index contributed by atoms with van der Waals surface area (Å²) < 4.78 is 28.5. The van der Waals surface area contributed by atoms with Gasteiger partial charge in [0.05, 0.1) is 18.2 Å². The second-order valence-electron chi connectivity index (χ2n) is 9.39. The lowest BCUT2D eigenvalue weighted by molar-refractivity contribution is 0.240. The summed E-state index contributed by atoms with van der Waals surface area (Å²) in [7, 11) is 0. The monoisotopic (exact) mass is 539 g/mol. The molecule has 0 radical (unpaired) electrons. The fraction of sp³-hybridized carbons (Fsp3) is 0.233. The van der Waals surface area contributed by atoms with E-state index < -0.39 is 0 Å². The summed E-state index contributed by atoms with van der Waals surface area (Å²) in [5.74, 6) is 1.99. The Bertz CT molecular complexity index is 1460. The van der Waals surface area contributed by atoms with Crippen LogP contribution in [0, 0.1) is 0 Å². The fourth-order valence-corrected chi connectivity index (χ4v) is 4.64. The molecule has 40 heavy (non-hydrogen) atoms. The molecule has 2 aliphatic carbocycles. The van der Waals surface area contributed by atoms with Crippen molar-refractivity contribution in [3.8, 4) is 11.5 Å². The minimum atomic E-state index is -0.230. The van der Waals surface area contributed by atoms with E-state index in [1.54, 1.807) is 17.4 Å². The van der Waals surface area contributed by atoms with E-state index in [2.05, 4.69) is 57.0 Å². The molecule has 1 atom stereocenters. The Morgan fingerprint density at radius 1 is 0.900 bits per heavy atom. The first-order valence-electron chi connectivity index (χ1n) is 13.2. The van der Waals surface area contributed by atoms with Gasteiger partial charge in [0.1, 0.15) is 37.1 Å². The van der Waals surface area contributed by atoms with Gasteiger partial charge in [-0.05, 0) is 49.8 Å². The SMILES string of the molecule is C1=CCCC(CC(Nc2ncccc2-c2nnc(N(CC3=CC=CCC3)C3=COC=CO3)o2)C2=COC=CO2)=C1. The summed E-state index contributed by atoms with van der Waals surface area (Å²) in [5, 5.41) is 12.3. The Hall–Kier alpha value is -4.99. The van der Waals surface area contributed by atoms with Crippen LogP contribution in [0.25, 0.3) is 11.5 Å². The van der Waals surface area contributed by atoms with E-state index in [9.17, 15) is 0 Å².